The summed E-state index contributed by atoms with van der Waals surface area (Å²) in [7, 11) is -4.66. The Kier molecular flexibility index (Phi) is 16.5. The van der Waals surface area contributed by atoms with Crippen molar-refractivity contribution >= 4 is 113 Å². The van der Waals surface area contributed by atoms with Crippen LogP contribution in [0.2, 0.25) is 0 Å². The normalized spacial score (nSPS) is 12.6. The SMILES string of the molecule is CC(NC(=O)C(C)(Cc1cn(C(=O)OCOC(=O)c2ccc(COP(=O)(O)O)cc2)c2ccccc12)NC(=O)OCc1cc2ccccc2o1)c1ccccc1.[NaH].[NaH]. The molecule has 2 heterocycles. The number of esters is 1. The van der Waals surface area contributed by atoms with Crippen molar-refractivity contribution in [2.45, 2.75) is 45.1 Å². The first-order valence-electron chi connectivity index (χ1n) is 17.3. The van der Waals surface area contributed by atoms with E-state index in [4.69, 9.17) is 28.4 Å². The molecule has 294 valence electrons. The molecule has 18 heteroatoms. The van der Waals surface area contributed by atoms with Gasteiger partial charge in [0.25, 0.3) is 0 Å². The van der Waals surface area contributed by atoms with E-state index < -0.39 is 50.3 Å². The Morgan fingerprint density at radius 2 is 1.52 bits per heavy atom. The van der Waals surface area contributed by atoms with Gasteiger partial charge in [0, 0.05) is 23.4 Å². The number of alkyl carbamates (subject to hydrolysis) is 1. The molecule has 2 aromatic heterocycles. The van der Waals surface area contributed by atoms with Crippen LogP contribution < -0.4 is 10.6 Å². The Hall–Kier alpha value is -4.25. The van der Waals surface area contributed by atoms with Gasteiger partial charge in [-0.05, 0) is 60.9 Å². The fraction of sp³-hybridized carbons (Fsp3) is 0.200. The van der Waals surface area contributed by atoms with E-state index in [2.05, 4.69) is 15.2 Å². The summed E-state index contributed by atoms with van der Waals surface area (Å²) in [5.41, 5.74) is 1.33. The number of furan rings is 1. The maximum absolute atomic E-state index is 14.1. The van der Waals surface area contributed by atoms with Gasteiger partial charge < -0.3 is 39.0 Å². The fourth-order valence-corrected chi connectivity index (χ4v) is 6.29. The van der Waals surface area contributed by atoms with Gasteiger partial charge in [-0.1, -0.05) is 78.9 Å². The maximum atomic E-state index is 14.1. The molecule has 4 aromatic carbocycles. The van der Waals surface area contributed by atoms with Crippen molar-refractivity contribution in [3.8, 4) is 0 Å². The number of phosphoric ester groups is 1. The predicted molar refractivity (Wildman–Crippen MR) is 216 cm³/mol. The second-order valence-corrected chi connectivity index (χ2v) is 14.3. The monoisotopic (exact) mass is 831 g/mol. The molecule has 0 saturated heterocycles. The summed E-state index contributed by atoms with van der Waals surface area (Å²) >= 11 is 0. The van der Waals surface area contributed by atoms with Crippen LogP contribution in [0.4, 0.5) is 9.59 Å². The molecular weight excluding hydrogens is 791 g/mol. The summed E-state index contributed by atoms with van der Waals surface area (Å²) in [5, 5.41) is 7.17. The number of phosphoric acid groups is 1. The van der Waals surface area contributed by atoms with Crippen molar-refractivity contribution in [2.24, 2.45) is 0 Å². The summed E-state index contributed by atoms with van der Waals surface area (Å²) in [4.78, 5) is 71.1. The number of nitrogens with zero attached hydrogens (tertiary/aromatic N) is 1. The van der Waals surface area contributed by atoms with Crippen LogP contribution in [-0.4, -0.2) is 110 Å². The van der Waals surface area contributed by atoms with Gasteiger partial charge in [-0.15, -0.1) is 0 Å². The Morgan fingerprint density at radius 3 is 2.22 bits per heavy atom. The summed E-state index contributed by atoms with van der Waals surface area (Å²) < 4.78 is 38.3. The number of benzene rings is 4. The van der Waals surface area contributed by atoms with Gasteiger partial charge in [0.05, 0.1) is 23.7 Å². The number of hydrogen-bond acceptors (Lipinski definition) is 10. The molecule has 0 fully saturated rings. The topological polar surface area (TPSA) is 205 Å². The number of carbonyl (C=O) groups is 4. The minimum atomic E-state index is -4.66. The summed E-state index contributed by atoms with van der Waals surface area (Å²) in [5.74, 6) is -0.909. The van der Waals surface area contributed by atoms with Gasteiger partial charge in [-0.25, -0.2) is 18.9 Å². The Labute approximate surface area is 377 Å². The number of fused-ring (bicyclic) bond motifs is 2. The number of rotatable bonds is 14. The quantitative estimate of drug-likeness (QED) is 0.0458. The van der Waals surface area contributed by atoms with Crippen LogP contribution in [0.25, 0.3) is 21.9 Å². The molecule has 0 aliphatic heterocycles. The summed E-state index contributed by atoms with van der Waals surface area (Å²) in [6.07, 6.45) is -0.344. The van der Waals surface area contributed by atoms with Gasteiger partial charge in [0.2, 0.25) is 12.7 Å². The number of aromatic nitrogens is 1. The molecule has 58 heavy (non-hydrogen) atoms. The Bertz CT molecular complexity index is 2380. The second kappa shape index (κ2) is 20.6. The van der Waals surface area contributed by atoms with Crippen molar-refractivity contribution in [3.63, 3.8) is 0 Å². The van der Waals surface area contributed by atoms with E-state index in [1.54, 1.807) is 43.3 Å². The number of para-hydroxylation sites is 2. The third kappa shape index (κ3) is 12.1. The number of amides is 2. The Morgan fingerprint density at radius 1 is 0.845 bits per heavy atom. The van der Waals surface area contributed by atoms with E-state index in [9.17, 15) is 23.7 Å². The zero-order valence-electron chi connectivity index (χ0n) is 30.2. The molecule has 0 spiro atoms. The van der Waals surface area contributed by atoms with E-state index in [0.29, 0.717) is 33.4 Å². The van der Waals surface area contributed by atoms with Gasteiger partial charge in [0.15, 0.2) is 6.61 Å². The van der Waals surface area contributed by atoms with E-state index in [0.717, 1.165) is 10.9 Å². The molecule has 6 rings (SSSR count). The Balaban J connectivity index is 0.00000372. The molecule has 2 amide bonds. The van der Waals surface area contributed by atoms with Crippen molar-refractivity contribution in [1.82, 2.24) is 15.2 Å². The van der Waals surface area contributed by atoms with Gasteiger partial charge >= 0.3 is 85.1 Å². The van der Waals surface area contributed by atoms with Crippen molar-refractivity contribution in [2.75, 3.05) is 6.79 Å². The zero-order chi connectivity index (χ0) is 39.9. The fourth-order valence-electron chi connectivity index (χ4n) is 5.97. The molecule has 0 radical (unpaired) electrons. The molecule has 15 nitrogen and oxygen atoms in total. The average molecular weight is 832 g/mol. The molecular formula is C40H40N3Na2O12P. The number of ether oxygens (including phenoxy) is 3. The third-order valence-electron chi connectivity index (χ3n) is 8.84. The van der Waals surface area contributed by atoms with Crippen LogP contribution in [0, 0.1) is 0 Å². The zero-order valence-corrected chi connectivity index (χ0v) is 31.1. The molecule has 6 aromatic rings. The summed E-state index contributed by atoms with van der Waals surface area (Å²) in [6, 6.07) is 30.5. The van der Waals surface area contributed by atoms with E-state index in [1.165, 1.54) is 35.0 Å². The van der Waals surface area contributed by atoms with Gasteiger partial charge in [-0.2, -0.15) is 0 Å². The van der Waals surface area contributed by atoms with Crippen LogP contribution in [0.3, 0.4) is 0 Å². The van der Waals surface area contributed by atoms with Crippen LogP contribution in [0.5, 0.6) is 0 Å². The molecule has 4 N–H and O–H groups in total. The first-order valence-corrected chi connectivity index (χ1v) is 18.8. The van der Waals surface area contributed by atoms with Crippen molar-refractivity contribution in [3.05, 3.63) is 143 Å². The van der Waals surface area contributed by atoms with E-state index in [-0.39, 0.29) is 84.3 Å². The number of nitrogens with one attached hydrogen (secondary N) is 2. The standard InChI is InChI=1S/C40H38N3O12P.2Na.2H/c1-26(28-10-4-3-5-11-28)41-37(45)40(2,42-38(46)51-24-32-20-30-12-6-9-15-35(30)55-32)21-31-22-43(34-14-8-7-13-33(31)34)39(47)53-25-52-36(44)29-18-16-27(17-19-29)23-54-56(48,49)50;;;;/h3-20,22,26H,21,23-25H2,1-2H3,(H,41,45)(H,42,46)(H2,48,49,50);;;;. The third-order valence-corrected chi connectivity index (χ3v) is 9.31. The van der Waals surface area contributed by atoms with Crippen molar-refractivity contribution < 1.29 is 56.7 Å². The first kappa shape index (κ1) is 46.4. The predicted octanol–water partition coefficient (Wildman–Crippen LogP) is 5.60. The molecule has 0 bridgehead atoms. The molecule has 2 atom stereocenters. The van der Waals surface area contributed by atoms with E-state index in [1.807, 2.05) is 55.5 Å². The minimum absolute atomic E-state index is 0. The van der Waals surface area contributed by atoms with Crippen LogP contribution >= 0.6 is 7.82 Å². The van der Waals surface area contributed by atoms with Crippen LogP contribution in [0.1, 0.15) is 52.7 Å². The van der Waals surface area contributed by atoms with Crippen LogP contribution in [-0.2, 0) is 47.7 Å². The molecule has 0 aliphatic rings. The van der Waals surface area contributed by atoms with Gasteiger partial charge in [0.1, 0.15) is 16.9 Å². The molecule has 0 aliphatic carbocycles. The summed E-state index contributed by atoms with van der Waals surface area (Å²) in [6.45, 7) is 2.09. The van der Waals surface area contributed by atoms with E-state index >= 15 is 0 Å². The average Bonchev–Trinajstić information content (AvgIpc) is 3.77. The second-order valence-electron chi connectivity index (χ2n) is 13.0. The van der Waals surface area contributed by atoms with Gasteiger partial charge in [-0.3, -0.25) is 13.9 Å². The number of carbonyl (C=O) groups excluding carboxylic acids is 4. The van der Waals surface area contributed by atoms with Crippen LogP contribution in [0.15, 0.2) is 120 Å². The number of hydrogen-bond donors (Lipinski definition) is 4. The molecule has 2 unspecified atom stereocenters. The first-order chi connectivity index (χ1) is 26.8. The molecule has 0 saturated carbocycles. The van der Waals surface area contributed by atoms with Crippen molar-refractivity contribution in [1.29, 1.82) is 0 Å².